The third-order valence-corrected chi connectivity index (χ3v) is 4.09. The molecule has 0 spiro atoms. The summed E-state index contributed by atoms with van der Waals surface area (Å²) in [6.45, 7) is 6.09. The van der Waals surface area contributed by atoms with Gasteiger partial charge in [-0.25, -0.2) is 5.84 Å². The fraction of sp³-hybridized carbons (Fsp3) is 0.333. The third kappa shape index (κ3) is 2.57. The number of carbonyl (C=O) groups excluding carboxylic acids is 1. The number of halogens is 1. The van der Waals surface area contributed by atoms with E-state index in [0.717, 1.165) is 15.9 Å². The lowest BCUT2D eigenvalue weighted by atomic mass is 10.2. The van der Waals surface area contributed by atoms with Crippen LogP contribution in [0.1, 0.15) is 33.3 Å². The van der Waals surface area contributed by atoms with Gasteiger partial charge in [0.1, 0.15) is 11.5 Å². The number of hydrogen-bond acceptors (Lipinski definition) is 4. The Morgan fingerprint density at radius 3 is 2.74 bits per heavy atom. The lowest BCUT2D eigenvalue weighted by molar-refractivity contribution is 0.0952. The molecule has 2 aromatic heterocycles. The first-order valence-corrected chi connectivity index (χ1v) is 6.53. The van der Waals surface area contributed by atoms with Crippen LogP contribution in [-0.4, -0.2) is 15.7 Å². The van der Waals surface area contributed by atoms with Crippen molar-refractivity contribution in [2.45, 2.75) is 27.3 Å². The Hall–Kier alpha value is -1.60. The van der Waals surface area contributed by atoms with Crippen LogP contribution in [0.5, 0.6) is 0 Å². The maximum atomic E-state index is 11.5. The van der Waals surface area contributed by atoms with Gasteiger partial charge in [-0.05, 0) is 42.8 Å². The predicted octanol–water partition coefficient (Wildman–Crippen LogP) is 1.82. The van der Waals surface area contributed by atoms with E-state index >= 15 is 0 Å². The van der Waals surface area contributed by atoms with E-state index in [2.05, 4.69) is 26.5 Å². The van der Waals surface area contributed by atoms with Gasteiger partial charge in [0.05, 0.1) is 28.0 Å². The predicted molar refractivity (Wildman–Crippen MR) is 73.6 cm³/mol. The lowest BCUT2D eigenvalue weighted by Gasteiger charge is -2.01. The first-order valence-electron chi connectivity index (χ1n) is 5.73. The molecule has 2 heterocycles. The van der Waals surface area contributed by atoms with Crippen LogP contribution in [0.2, 0.25) is 0 Å². The van der Waals surface area contributed by atoms with Crippen molar-refractivity contribution in [3.05, 3.63) is 39.0 Å². The molecule has 0 aliphatic carbocycles. The van der Waals surface area contributed by atoms with E-state index in [1.807, 2.05) is 18.5 Å². The second-order valence-corrected chi connectivity index (χ2v) is 5.09. The number of nitrogens with one attached hydrogen (secondary N) is 1. The second kappa shape index (κ2) is 5.18. The first kappa shape index (κ1) is 13.8. The van der Waals surface area contributed by atoms with Gasteiger partial charge in [-0.3, -0.25) is 14.9 Å². The number of nitrogens with two attached hydrogens (primary N) is 1. The number of amides is 1. The standard InChI is InChI=1S/C12H15BrN4O2/c1-6-11(13)7(2)17(16-6)5-9-4-10(8(3)19-9)12(18)15-14/h4H,5,14H2,1-3H3,(H,15,18). The highest BCUT2D eigenvalue weighted by molar-refractivity contribution is 9.10. The highest BCUT2D eigenvalue weighted by Gasteiger charge is 2.16. The summed E-state index contributed by atoms with van der Waals surface area (Å²) in [7, 11) is 0. The van der Waals surface area contributed by atoms with Gasteiger partial charge < -0.3 is 4.42 Å². The average molecular weight is 327 g/mol. The molecular weight excluding hydrogens is 312 g/mol. The summed E-state index contributed by atoms with van der Waals surface area (Å²) in [5.41, 5.74) is 4.47. The Bertz CT molecular complexity index is 630. The smallest absolute Gasteiger partial charge is 0.268 e. The molecule has 0 unspecified atom stereocenters. The minimum atomic E-state index is -0.359. The SMILES string of the molecule is Cc1nn(Cc2cc(C(=O)NN)c(C)o2)c(C)c1Br. The molecule has 6 nitrogen and oxygen atoms in total. The minimum absolute atomic E-state index is 0.359. The van der Waals surface area contributed by atoms with Crippen molar-refractivity contribution in [3.63, 3.8) is 0 Å². The van der Waals surface area contributed by atoms with Crippen molar-refractivity contribution in [2.24, 2.45) is 5.84 Å². The number of nitrogen functional groups attached to an aromatic ring is 1. The summed E-state index contributed by atoms with van der Waals surface area (Å²) >= 11 is 3.47. The molecule has 3 N–H and O–H groups in total. The van der Waals surface area contributed by atoms with Crippen molar-refractivity contribution < 1.29 is 9.21 Å². The van der Waals surface area contributed by atoms with E-state index in [4.69, 9.17) is 10.3 Å². The van der Waals surface area contributed by atoms with Crippen LogP contribution in [0.25, 0.3) is 0 Å². The van der Waals surface area contributed by atoms with E-state index in [1.54, 1.807) is 13.0 Å². The average Bonchev–Trinajstić information content (AvgIpc) is 2.85. The summed E-state index contributed by atoms with van der Waals surface area (Å²) in [5, 5.41) is 4.39. The normalized spacial score (nSPS) is 10.8. The zero-order valence-electron chi connectivity index (χ0n) is 11.0. The Morgan fingerprint density at radius 1 is 1.53 bits per heavy atom. The number of hydrogen-bond donors (Lipinski definition) is 2. The molecule has 0 aliphatic heterocycles. The maximum absolute atomic E-state index is 11.5. The second-order valence-electron chi connectivity index (χ2n) is 4.30. The van der Waals surface area contributed by atoms with Crippen LogP contribution in [-0.2, 0) is 6.54 Å². The van der Waals surface area contributed by atoms with Crippen LogP contribution in [0.4, 0.5) is 0 Å². The largest absolute Gasteiger partial charge is 0.464 e. The summed E-state index contributed by atoms with van der Waals surface area (Å²) in [5.74, 6) is 5.96. The molecule has 0 saturated heterocycles. The quantitative estimate of drug-likeness (QED) is 0.511. The molecule has 19 heavy (non-hydrogen) atoms. The third-order valence-electron chi connectivity index (χ3n) is 2.94. The molecule has 0 atom stereocenters. The van der Waals surface area contributed by atoms with Crippen molar-refractivity contribution in [3.8, 4) is 0 Å². The summed E-state index contributed by atoms with van der Waals surface area (Å²) in [6.07, 6.45) is 0. The van der Waals surface area contributed by atoms with E-state index in [-0.39, 0.29) is 5.91 Å². The Balaban J connectivity index is 2.29. The van der Waals surface area contributed by atoms with Gasteiger partial charge in [0.2, 0.25) is 0 Å². The number of carbonyl (C=O) groups is 1. The van der Waals surface area contributed by atoms with Crippen molar-refractivity contribution >= 4 is 21.8 Å². The molecule has 1 amide bonds. The van der Waals surface area contributed by atoms with Gasteiger partial charge in [0.25, 0.3) is 5.91 Å². The molecule has 0 aromatic carbocycles. The van der Waals surface area contributed by atoms with Crippen LogP contribution in [0, 0.1) is 20.8 Å². The number of rotatable bonds is 3. The molecule has 0 aliphatic rings. The molecule has 102 valence electrons. The van der Waals surface area contributed by atoms with E-state index in [0.29, 0.717) is 23.6 Å². The van der Waals surface area contributed by atoms with E-state index in [1.165, 1.54) is 0 Å². The first-order chi connectivity index (χ1) is 8.93. The zero-order chi connectivity index (χ0) is 14.2. The van der Waals surface area contributed by atoms with Crippen molar-refractivity contribution in [2.75, 3.05) is 0 Å². The van der Waals surface area contributed by atoms with Gasteiger partial charge in [-0.1, -0.05) is 0 Å². The fourth-order valence-corrected chi connectivity index (χ4v) is 2.19. The molecule has 2 aromatic rings. The highest BCUT2D eigenvalue weighted by atomic mass is 79.9. The lowest BCUT2D eigenvalue weighted by Crippen LogP contribution is -2.30. The molecule has 0 bridgehead atoms. The van der Waals surface area contributed by atoms with Gasteiger partial charge in [-0.15, -0.1) is 0 Å². The number of hydrazine groups is 1. The molecule has 0 radical (unpaired) electrons. The zero-order valence-corrected chi connectivity index (χ0v) is 12.5. The number of nitrogens with zero attached hydrogens (tertiary/aromatic N) is 2. The fourth-order valence-electron chi connectivity index (χ4n) is 1.90. The topological polar surface area (TPSA) is 86.1 Å². The van der Waals surface area contributed by atoms with Gasteiger partial charge in [0.15, 0.2) is 0 Å². The summed E-state index contributed by atoms with van der Waals surface area (Å²) in [4.78, 5) is 11.5. The summed E-state index contributed by atoms with van der Waals surface area (Å²) < 4.78 is 8.36. The summed E-state index contributed by atoms with van der Waals surface area (Å²) in [6, 6.07) is 1.68. The number of furan rings is 1. The van der Waals surface area contributed by atoms with Crippen molar-refractivity contribution in [1.29, 1.82) is 0 Å². The Morgan fingerprint density at radius 2 is 2.21 bits per heavy atom. The maximum Gasteiger partial charge on any atom is 0.268 e. The van der Waals surface area contributed by atoms with E-state index in [9.17, 15) is 4.79 Å². The molecule has 0 saturated carbocycles. The van der Waals surface area contributed by atoms with Crippen LogP contribution >= 0.6 is 15.9 Å². The van der Waals surface area contributed by atoms with Crippen molar-refractivity contribution in [1.82, 2.24) is 15.2 Å². The van der Waals surface area contributed by atoms with Crippen LogP contribution in [0.15, 0.2) is 15.0 Å². The molecule has 7 heteroatoms. The van der Waals surface area contributed by atoms with Gasteiger partial charge >= 0.3 is 0 Å². The van der Waals surface area contributed by atoms with Gasteiger partial charge in [0, 0.05) is 0 Å². The van der Waals surface area contributed by atoms with Crippen LogP contribution in [0.3, 0.4) is 0 Å². The highest BCUT2D eigenvalue weighted by Crippen LogP contribution is 2.22. The molecule has 2 rings (SSSR count). The van der Waals surface area contributed by atoms with Gasteiger partial charge in [-0.2, -0.15) is 5.10 Å². The monoisotopic (exact) mass is 326 g/mol. The molecule has 0 fully saturated rings. The molecular formula is C12H15BrN4O2. The minimum Gasteiger partial charge on any atom is -0.464 e. The Kier molecular flexibility index (Phi) is 3.77. The Labute approximate surface area is 119 Å². The number of aryl methyl sites for hydroxylation is 2. The number of aromatic nitrogens is 2. The van der Waals surface area contributed by atoms with Crippen LogP contribution < -0.4 is 11.3 Å². The van der Waals surface area contributed by atoms with E-state index < -0.39 is 0 Å².